The molecule has 1 aliphatic rings. The Morgan fingerprint density at radius 1 is 1.43 bits per heavy atom. The second-order valence-electron chi connectivity index (χ2n) is 3.42. The van der Waals surface area contributed by atoms with Crippen LogP contribution in [0.5, 0.6) is 0 Å². The van der Waals surface area contributed by atoms with Crippen LogP contribution in [0.2, 0.25) is 0 Å². The van der Waals surface area contributed by atoms with Gasteiger partial charge in [0.1, 0.15) is 0 Å². The Morgan fingerprint density at radius 3 is 2.86 bits per heavy atom. The van der Waals surface area contributed by atoms with E-state index in [1.165, 1.54) is 0 Å². The molecule has 1 rings (SSSR count). The summed E-state index contributed by atoms with van der Waals surface area (Å²) < 4.78 is 0. The fourth-order valence-electron chi connectivity index (χ4n) is 1.03. The van der Waals surface area contributed by atoms with Gasteiger partial charge in [-0.3, -0.25) is 0 Å². The number of amidine groups is 1. The summed E-state index contributed by atoms with van der Waals surface area (Å²) in [5.41, 5.74) is 1.07. The van der Waals surface area contributed by atoms with Gasteiger partial charge in [-0.15, -0.1) is 0 Å². The van der Waals surface area contributed by atoms with Gasteiger partial charge in [-0.2, -0.15) is 0 Å². The molecule has 0 N–H and O–H groups in total. The van der Waals surface area contributed by atoms with Crippen LogP contribution in [0.1, 0.15) is 20.8 Å². The van der Waals surface area contributed by atoms with Crippen LogP contribution in [-0.4, -0.2) is 12.1 Å². The lowest BCUT2D eigenvalue weighted by Crippen LogP contribution is -2.00. The number of hydrogen-bond donors (Lipinski definition) is 0. The maximum atomic E-state index is 4.29. The van der Waals surface area contributed by atoms with Crippen LogP contribution in [-0.2, 0) is 0 Å². The van der Waals surface area contributed by atoms with E-state index in [4.69, 9.17) is 0 Å². The monoisotopic (exact) mass is 188 g/mol. The van der Waals surface area contributed by atoms with Crippen molar-refractivity contribution in [3.8, 4) is 0 Å². The second-order valence-corrected chi connectivity index (χ2v) is 3.42. The van der Waals surface area contributed by atoms with Gasteiger partial charge < -0.3 is 0 Å². The first kappa shape index (κ1) is 10.6. The summed E-state index contributed by atoms with van der Waals surface area (Å²) in [6.07, 6.45) is 11.6. The predicted octanol–water partition coefficient (Wildman–Crippen LogP) is 3.14. The van der Waals surface area contributed by atoms with Crippen molar-refractivity contribution in [2.24, 2.45) is 15.9 Å². The van der Waals surface area contributed by atoms with Crippen LogP contribution in [0.25, 0.3) is 0 Å². The van der Waals surface area contributed by atoms with E-state index in [9.17, 15) is 0 Å². The molecule has 0 atom stereocenters. The lowest BCUT2D eigenvalue weighted by molar-refractivity contribution is 0.829. The highest BCUT2D eigenvalue weighted by Gasteiger charge is 2.01. The van der Waals surface area contributed by atoms with Crippen LogP contribution in [0.4, 0.5) is 0 Å². The van der Waals surface area contributed by atoms with Gasteiger partial charge in [-0.1, -0.05) is 26.0 Å². The smallest absolute Gasteiger partial charge is 0.158 e. The van der Waals surface area contributed by atoms with Crippen LogP contribution in [0.3, 0.4) is 0 Å². The summed E-state index contributed by atoms with van der Waals surface area (Å²) in [5, 5.41) is 0. The molecule has 0 aromatic rings. The Balaban J connectivity index is 2.77. The molecule has 2 heteroatoms. The summed E-state index contributed by atoms with van der Waals surface area (Å²) in [7, 11) is 0. The van der Waals surface area contributed by atoms with Crippen molar-refractivity contribution in [1.82, 2.24) is 0 Å². The van der Waals surface area contributed by atoms with E-state index in [0.29, 0.717) is 5.92 Å². The lowest BCUT2D eigenvalue weighted by atomic mass is 10.2. The van der Waals surface area contributed by atoms with Gasteiger partial charge in [0.05, 0.1) is 0 Å². The van der Waals surface area contributed by atoms with Crippen molar-refractivity contribution in [2.45, 2.75) is 20.8 Å². The zero-order valence-corrected chi connectivity index (χ0v) is 8.94. The summed E-state index contributed by atoms with van der Waals surface area (Å²) in [6, 6.07) is 0. The molecule has 0 spiro atoms. The molecule has 0 bridgehead atoms. The normalized spacial score (nSPS) is 22.0. The van der Waals surface area contributed by atoms with Gasteiger partial charge in [-0.05, 0) is 25.0 Å². The maximum absolute atomic E-state index is 4.29. The minimum Gasteiger partial charge on any atom is -0.237 e. The van der Waals surface area contributed by atoms with Crippen molar-refractivity contribution in [2.75, 3.05) is 0 Å². The van der Waals surface area contributed by atoms with Crippen molar-refractivity contribution < 1.29 is 0 Å². The molecule has 74 valence electrons. The van der Waals surface area contributed by atoms with Gasteiger partial charge in [0.25, 0.3) is 0 Å². The van der Waals surface area contributed by atoms with Gasteiger partial charge in [0, 0.05) is 18.0 Å². The molecule has 1 aliphatic heterocycles. The number of rotatable bonds is 2. The predicted molar refractivity (Wildman–Crippen MR) is 62.8 cm³/mol. The van der Waals surface area contributed by atoms with Crippen molar-refractivity contribution in [3.63, 3.8) is 0 Å². The number of allylic oxidation sites excluding steroid dienone is 3. The van der Waals surface area contributed by atoms with Gasteiger partial charge in [0.15, 0.2) is 5.84 Å². The van der Waals surface area contributed by atoms with Gasteiger partial charge in [0.2, 0.25) is 0 Å². The molecule has 2 nitrogen and oxygen atoms in total. The summed E-state index contributed by atoms with van der Waals surface area (Å²) in [4.78, 5) is 8.49. The molecule has 0 unspecified atom stereocenters. The van der Waals surface area contributed by atoms with Gasteiger partial charge >= 0.3 is 0 Å². The third kappa shape index (κ3) is 3.13. The minimum atomic E-state index is 0.525. The lowest BCUT2D eigenvalue weighted by Gasteiger charge is -2.03. The van der Waals surface area contributed by atoms with E-state index in [2.05, 4.69) is 23.8 Å². The largest absolute Gasteiger partial charge is 0.237 e. The van der Waals surface area contributed by atoms with Gasteiger partial charge in [-0.25, -0.2) is 9.98 Å². The molecule has 14 heavy (non-hydrogen) atoms. The molecule has 0 aliphatic carbocycles. The quantitative estimate of drug-likeness (QED) is 0.636. The first-order valence-electron chi connectivity index (χ1n) is 4.86. The number of nitrogens with zero attached hydrogens (tertiary/aromatic N) is 2. The van der Waals surface area contributed by atoms with E-state index < -0.39 is 0 Å². The highest BCUT2D eigenvalue weighted by Crippen LogP contribution is 2.06. The van der Waals surface area contributed by atoms with Crippen molar-refractivity contribution in [1.29, 1.82) is 0 Å². The average molecular weight is 188 g/mol. The number of hydrogen-bond acceptors (Lipinski definition) is 1. The molecule has 0 saturated heterocycles. The minimum absolute atomic E-state index is 0.525. The highest BCUT2D eigenvalue weighted by molar-refractivity contribution is 6.08. The molecule has 0 saturated carbocycles. The van der Waals surface area contributed by atoms with Crippen molar-refractivity contribution in [3.05, 3.63) is 36.1 Å². The molecular weight excluding hydrogens is 172 g/mol. The fraction of sp³-hybridized carbons (Fsp3) is 0.333. The first-order valence-corrected chi connectivity index (χ1v) is 4.86. The Hall–Kier alpha value is -1.44. The second kappa shape index (κ2) is 5.32. The Morgan fingerprint density at radius 2 is 2.21 bits per heavy atom. The Labute approximate surface area is 85.5 Å². The molecule has 0 radical (unpaired) electrons. The third-order valence-electron chi connectivity index (χ3n) is 1.80. The molecular formula is C12H16N2. The van der Waals surface area contributed by atoms with E-state index in [1.807, 2.05) is 37.4 Å². The average Bonchev–Trinajstić information content (AvgIpc) is 2.18. The van der Waals surface area contributed by atoms with E-state index in [0.717, 1.165) is 11.4 Å². The zero-order chi connectivity index (χ0) is 10.4. The topological polar surface area (TPSA) is 24.7 Å². The highest BCUT2D eigenvalue weighted by atomic mass is 14.9. The SMILES string of the molecule is C/C=C1/C=CC=N/C1=N/C=C\C(C)C. The summed E-state index contributed by atoms with van der Waals surface area (Å²) in [6.45, 7) is 6.23. The third-order valence-corrected chi connectivity index (χ3v) is 1.80. The van der Waals surface area contributed by atoms with E-state index in [-0.39, 0.29) is 0 Å². The summed E-state index contributed by atoms with van der Waals surface area (Å²) >= 11 is 0. The van der Waals surface area contributed by atoms with E-state index >= 15 is 0 Å². The molecule has 0 amide bonds. The summed E-state index contributed by atoms with van der Waals surface area (Å²) in [5.74, 6) is 1.31. The fourth-order valence-corrected chi connectivity index (χ4v) is 1.03. The Kier molecular flexibility index (Phi) is 4.05. The van der Waals surface area contributed by atoms with Crippen LogP contribution >= 0.6 is 0 Å². The maximum Gasteiger partial charge on any atom is 0.158 e. The van der Waals surface area contributed by atoms with E-state index in [1.54, 1.807) is 6.21 Å². The van der Waals surface area contributed by atoms with Crippen LogP contribution in [0.15, 0.2) is 46.1 Å². The first-order chi connectivity index (χ1) is 6.74. The standard InChI is InChI=1S/C12H16N2/c1-4-11-6-5-8-13-12(11)14-9-7-10(2)3/h4-10H,1-3H3/b9-7-,11-4-,14-12+. The van der Waals surface area contributed by atoms with Crippen molar-refractivity contribution >= 4 is 12.1 Å². The zero-order valence-electron chi connectivity index (χ0n) is 8.94. The number of dihydropyridines is 1. The molecule has 0 aromatic heterocycles. The molecule has 0 aromatic carbocycles. The van der Waals surface area contributed by atoms with Crippen LogP contribution < -0.4 is 0 Å². The molecule has 1 heterocycles. The number of aliphatic imine (C=N–C) groups is 2. The molecule has 0 fully saturated rings. The van der Waals surface area contributed by atoms with Crippen LogP contribution in [0, 0.1) is 5.92 Å². The Bertz CT molecular complexity index is 328.